The second-order valence-electron chi connectivity index (χ2n) is 4.31. The molecule has 0 saturated heterocycles. The predicted octanol–water partition coefficient (Wildman–Crippen LogP) is 2.58. The minimum Gasteiger partial charge on any atom is -0.380 e. The minimum absolute atomic E-state index is 0.0392. The summed E-state index contributed by atoms with van der Waals surface area (Å²) in [5.41, 5.74) is 2.18. The van der Waals surface area contributed by atoms with Crippen molar-refractivity contribution in [2.75, 3.05) is 5.32 Å². The van der Waals surface area contributed by atoms with Gasteiger partial charge in [0.05, 0.1) is 16.5 Å². The van der Waals surface area contributed by atoms with Crippen LogP contribution < -0.4 is 10.5 Å². The van der Waals surface area contributed by atoms with Gasteiger partial charge < -0.3 is 5.32 Å². The number of nitrogens with one attached hydrogen (secondary N) is 1. The van der Waals surface area contributed by atoms with Gasteiger partial charge in [0.1, 0.15) is 0 Å². The van der Waals surface area contributed by atoms with E-state index in [1.807, 2.05) is 12.1 Å². The van der Waals surface area contributed by atoms with Crippen LogP contribution in [0.25, 0.3) is 0 Å². The highest BCUT2D eigenvalue weighted by molar-refractivity contribution is 9.10. The van der Waals surface area contributed by atoms with Crippen LogP contribution in [0.2, 0.25) is 0 Å². The Morgan fingerprint density at radius 1 is 1.24 bits per heavy atom. The van der Waals surface area contributed by atoms with Gasteiger partial charge in [-0.1, -0.05) is 18.2 Å². The molecule has 0 bridgehead atoms. The SMILES string of the molecule is N#Cc1ccccc1CNc1ccc(S(N)(=O)=O)cc1Br. The molecule has 2 aromatic carbocycles. The summed E-state index contributed by atoms with van der Waals surface area (Å²) in [6.07, 6.45) is 0. The average molecular weight is 366 g/mol. The van der Waals surface area contributed by atoms with Crippen LogP contribution in [0.3, 0.4) is 0 Å². The van der Waals surface area contributed by atoms with E-state index < -0.39 is 10.0 Å². The second kappa shape index (κ2) is 6.26. The monoisotopic (exact) mass is 365 g/mol. The van der Waals surface area contributed by atoms with Crippen molar-refractivity contribution in [2.45, 2.75) is 11.4 Å². The van der Waals surface area contributed by atoms with Gasteiger partial charge in [-0.3, -0.25) is 0 Å². The van der Waals surface area contributed by atoms with Gasteiger partial charge in [0.25, 0.3) is 0 Å². The first-order chi connectivity index (χ1) is 9.91. The van der Waals surface area contributed by atoms with Gasteiger partial charge in [0.15, 0.2) is 0 Å². The zero-order valence-corrected chi connectivity index (χ0v) is 13.3. The molecule has 5 nitrogen and oxygen atoms in total. The maximum Gasteiger partial charge on any atom is 0.238 e. The smallest absolute Gasteiger partial charge is 0.238 e. The van der Waals surface area contributed by atoms with Crippen LogP contribution in [0.1, 0.15) is 11.1 Å². The highest BCUT2D eigenvalue weighted by Crippen LogP contribution is 2.26. The second-order valence-corrected chi connectivity index (χ2v) is 6.72. The van der Waals surface area contributed by atoms with E-state index in [1.54, 1.807) is 18.2 Å². The lowest BCUT2D eigenvalue weighted by Gasteiger charge is -2.10. The molecule has 0 aromatic heterocycles. The van der Waals surface area contributed by atoms with Gasteiger partial charge in [0, 0.05) is 16.7 Å². The molecular formula is C14H12BrN3O2S. The van der Waals surface area contributed by atoms with Crippen LogP contribution in [-0.2, 0) is 16.6 Å². The van der Waals surface area contributed by atoms with Gasteiger partial charge in [-0.2, -0.15) is 5.26 Å². The number of halogens is 1. The molecule has 0 radical (unpaired) electrons. The number of nitriles is 1. The Morgan fingerprint density at radius 3 is 2.57 bits per heavy atom. The van der Waals surface area contributed by atoms with E-state index >= 15 is 0 Å². The Kier molecular flexibility index (Phi) is 4.63. The molecule has 108 valence electrons. The summed E-state index contributed by atoms with van der Waals surface area (Å²) in [5, 5.41) is 17.3. The number of hydrogen-bond donors (Lipinski definition) is 2. The van der Waals surface area contributed by atoms with Crippen molar-refractivity contribution in [3.63, 3.8) is 0 Å². The standard InChI is InChI=1S/C14H12BrN3O2S/c15-13-7-12(21(17,19)20)5-6-14(13)18-9-11-4-2-1-3-10(11)8-16/h1-7,18H,9H2,(H2,17,19,20). The first-order valence-corrected chi connectivity index (χ1v) is 8.30. The van der Waals surface area contributed by atoms with Gasteiger partial charge in [-0.05, 0) is 45.8 Å². The molecule has 0 unspecified atom stereocenters. The molecule has 3 N–H and O–H groups in total. The van der Waals surface area contributed by atoms with E-state index in [0.717, 1.165) is 11.3 Å². The summed E-state index contributed by atoms with van der Waals surface area (Å²) in [6.45, 7) is 0.455. The maximum absolute atomic E-state index is 11.3. The first-order valence-electron chi connectivity index (χ1n) is 5.96. The van der Waals surface area contributed by atoms with Crippen molar-refractivity contribution in [1.29, 1.82) is 5.26 Å². The molecule has 0 saturated carbocycles. The summed E-state index contributed by atoms with van der Waals surface area (Å²) in [7, 11) is -3.72. The third-order valence-electron chi connectivity index (χ3n) is 2.88. The number of benzene rings is 2. The molecule has 2 rings (SSSR count). The maximum atomic E-state index is 11.3. The summed E-state index contributed by atoms with van der Waals surface area (Å²) in [5.74, 6) is 0. The highest BCUT2D eigenvalue weighted by Gasteiger charge is 2.10. The number of nitrogens with zero attached hydrogens (tertiary/aromatic N) is 1. The molecule has 0 spiro atoms. The predicted molar refractivity (Wildman–Crippen MR) is 84.0 cm³/mol. The van der Waals surface area contributed by atoms with E-state index in [-0.39, 0.29) is 4.90 Å². The van der Waals surface area contributed by atoms with Crippen LogP contribution in [0.4, 0.5) is 5.69 Å². The number of rotatable bonds is 4. The van der Waals surface area contributed by atoms with E-state index in [9.17, 15) is 8.42 Å². The lowest BCUT2D eigenvalue weighted by Crippen LogP contribution is -2.12. The number of primary sulfonamides is 1. The van der Waals surface area contributed by atoms with Crippen LogP contribution in [0.15, 0.2) is 51.8 Å². The molecular weight excluding hydrogens is 354 g/mol. The molecule has 0 heterocycles. The van der Waals surface area contributed by atoms with Gasteiger partial charge in [-0.25, -0.2) is 13.6 Å². The molecule has 2 aromatic rings. The van der Waals surface area contributed by atoms with Crippen molar-refractivity contribution in [2.24, 2.45) is 5.14 Å². The lowest BCUT2D eigenvalue weighted by molar-refractivity contribution is 0.598. The summed E-state index contributed by atoms with van der Waals surface area (Å²) in [6, 6.07) is 13.9. The van der Waals surface area contributed by atoms with Gasteiger partial charge >= 0.3 is 0 Å². The van der Waals surface area contributed by atoms with E-state index in [2.05, 4.69) is 27.3 Å². The Morgan fingerprint density at radius 2 is 1.95 bits per heavy atom. The van der Waals surface area contributed by atoms with Crippen molar-refractivity contribution < 1.29 is 8.42 Å². The van der Waals surface area contributed by atoms with Crippen LogP contribution in [0.5, 0.6) is 0 Å². The number of hydrogen-bond acceptors (Lipinski definition) is 4. The fraction of sp³-hybridized carbons (Fsp3) is 0.0714. The number of anilines is 1. The van der Waals surface area contributed by atoms with Crippen molar-refractivity contribution in [3.05, 3.63) is 58.1 Å². The van der Waals surface area contributed by atoms with Crippen molar-refractivity contribution >= 4 is 31.6 Å². The topological polar surface area (TPSA) is 96.0 Å². The zero-order chi connectivity index (χ0) is 15.5. The average Bonchev–Trinajstić information content (AvgIpc) is 2.45. The Bertz CT molecular complexity index is 813. The molecule has 0 amide bonds. The molecule has 21 heavy (non-hydrogen) atoms. The molecule has 0 fully saturated rings. The summed E-state index contributed by atoms with van der Waals surface area (Å²) in [4.78, 5) is 0.0392. The largest absolute Gasteiger partial charge is 0.380 e. The third-order valence-corrected chi connectivity index (χ3v) is 4.44. The van der Waals surface area contributed by atoms with E-state index in [1.165, 1.54) is 12.1 Å². The first kappa shape index (κ1) is 15.5. The summed E-state index contributed by atoms with van der Waals surface area (Å²) >= 11 is 3.30. The zero-order valence-electron chi connectivity index (χ0n) is 10.9. The van der Waals surface area contributed by atoms with E-state index in [0.29, 0.717) is 16.6 Å². The Hall–Kier alpha value is -1.88. The number of nitrogens with two attached hydrogens (primary N) is 1. The lowest BCUT2D eigenvalue weighted by atomic mass is 10.1. The van der Waals surface area contributed by atoms with Gasteiger partial charge in [0.2, 0.25) is 10.0 Å². The fourth-order valence-corrected chi connectivity index (χ4v) is 3.00. The summed E-state index contributed by atoms with van der Waals surface area (Å²) < 4.78 is 23.1. The Labute approximate surface area is 131 Å². The fourth-order valence-electron chi connectivity index (χ4n) is 1.79. The normalized spacial score (nSPS) is 10.9. The minimum atomic E-state index is -3.72. The molecule has 0 atom stereocenters. The highest BCUT2D eigenvalue weighted by atomic mass is 79.9. The number of sulfonamides is 1. The van der Waals surface area contributed by atoms with Gasteiger partial charge in [-0.15, -0.1) is 0 Å². The molecule has 0 aliphatic rings. The van der Waals surface area contributed by atoms with E-state index in [4.69, 9.17) is 10.4 Å². The third kappa shape index (κ3) is 3.82. The van der Waals surface area contributed by atoms with Crippen LogP contribution in [0, 0.1) is 11.3 Å². The molecule has 7 heteroatoms. The molecule has 0 aliphatic carbocycles. The van der Waals surface area contributed by atoms with Crippen molar-refractivity contribution in [3.8, 4) is 6.07 Å². The van der Waals surface area contributed by atoms with Crippen molar-refractivity contribution in [1.82, 2.24) is 0 Å². The van der Waals surface area contributed by atoms with Crippen LogP contribution >= 0.6 is 15.9 Å². The van der Waals surface area contributed by atoms with Crippen LogP contribution in [-0.4, -0.2) is 8.42 Å². The quantitative estimate of drug-likeness (QED) is 0.869. The Balaban J connectivity index is 2.20. The molecule has 0 aliphatic heterocycles.